The molecule has 2 unspecified atom stereocenters. The molecule has 1 N–H and O–H groups in total. The monoisotopic (exact) mass is 339 g/mol. The number of nitrogens with zero attached hydrogens (tertiary/aromatic N) is 1. The van der Waals surface area contributed by atoms with Crippen LogP contribution >= 0.6 is 23.2 Å². The summed E-state index contributed by atoms with van der Waals surface area (Å²) in [4.78, 5) is -0.0301. The number of halogens is 2. The highest BCUT2D eigenvalue weighted by Crippen LogP contribution is 2.31. The first kappa shape index (κ1) is 16.0. The fourth-order valence-corrected chi connectivity index (χ4v) is 4.41. The summed E-state index contributed by atoms with van der Waals surface area (Å²) in [5.74, 6) is 0. The van der Waals surface area contributed by atoms with Crippen molar-refractivity contribution in [1.29, 1.82) is 0 Å². The number of aliphatic hydroxyl groups excluding tert-OH is 1. The van der Waals surface area contributed by atoms with Gasteiger partial charge in [-0.25, -0.2) is 8.42 Å². The third-order valence-electron chi connectivity index (χ3n) is 3.03. The minimum absolute atomic E-state index is 0.00820. The van der Waals surface area contributed by atoms with E-state index in [0.717, 1.165) is 0 Å². The Balaban J connectivity index is 2.37. The van der Waals surface area contributed by atoms with Crippen LogP contribution in [0.4, 0.5) is 0 Å². The van der Waals surface area contributed by atoms with Gasteiger partial charge < -0.3 is 9.84 Å². The highest BCUT2D eigenvalue weighted by atomic mass is 35.5. The number of sulfonamides is 1. The molecule has 0 bridgehead atoms. The Morgan fingerprint density at radius 3 is 2.75 bits per heavy atom. The molecular formula is C12H15Cl2NO4S. The Morgan fingerprint density at radius 2 is 2.10 bits per heavy atom. The van der Waals surface area contributed by atoms with Crippen LogP contribution in [-0.4, -0.2) is 49.7 Å². The molecule has 0 spiro atoms. The zero-order valence-corrected chi connectivity index (χ0v) is 13.1. The number of ether oxygens (including phenoxy) is 1. The molecule has 1 aromatic carbocycles. The molecule has 2 rings (SSSR count). The van der Waals surface area contributed by atoms with Crippen molar-refractivity contribution in [3.63, 3.8) is 0 Å². The molecule has 2 atom stereocenters. The van der Waals surface area contributed by atoms with Gasteiger partial charge in [-0.1, -0.05) is 29.3 Å². The van der Waals surface area contributed by atoms with Gasteiger partial charge in [0.2, 0.25) is 10.0 Å². The number of morpholine rings is 1. The largest absolute Gasteiger partial charge is 0.394 e. The molecule has 1 aromatic rings. The molecule has 1 aliphatic rings. The lowest BCUT2D eigenvalue weighted by Gasteiger charge is -2.35. The fourth-order valence-electron chi connectivity index (χ4n) is 2.12. The summed E-state index contributed by atoms with van der Waals surface area (Å²) in [7, 11) is -3.77. The lowest BCUT2D eigenvalue weighted by Crippen LogP contribution is -2.50. The standard InChI is InChI=1S/C12H15Cl2NO4S/c1-8-5-15(6-9(7-16)19-8)20(17,18)11-4-2-3-10(13)12(11)14/h2-4,8-9,16H,5-7H2,1H3. The van der Waals surface area contributed by atoms with Crippen molar-refractivity contribution in [2.45, 2.75) is 24.0 Å². The maximum Gasteiger partial charge on any atom is 0.244 e. The zero-order chi connectivity index (χ0) is 14.9. The van der Waals surface area contributed by atoms with Crippen molar-refractivity contribution < 1.29 is 18.3 Å². The van der Waals surface area contributed by atoms with Gasteiger partial charge >= 0.3 is 0 Å². The number of aliphatic hydroxyl groups is 1. The van der Waals surface area contributed by atoms with E-state index in [4.69, 9.17) is 33.0 Å². The van der Waals surface area contributed by atoms with Crippen molar-refractivity contribution in [2.75, 3.05) is 19.7 Å². The predicted octanol–water partition coefficient (Wildman–Crippen LogP) is 1.76. The van der Waals surface area contributed by atoms with Crippen LogP contribution in [0.5, 0.6) is 0 Å². The number of hydrogen-bond acceptors (Lipinski definition) is 4. The smallest absolute Gasteiger partial charge is 0.244 e. The summed E-state index contributed by atoms with van der Waals surface area (Å²) in [6.07, 6.45) is -0.833. The second-order valence-corrected chi connectivity index (χ2v) is 7.32. The highest BCUT2D eigenvalue weighted by molar-refractivity contribution is 7.89. The van der Waals surface area contributed by atoms with Crippen LogP contribution in [0, 0.1) is 0 Å². The SMILES string of the molecule is CC1CN(S(=O)(=O)c2cccc(Cl)c2Cl)CC(CO)O1. The van der Waals surface area contributed by atoms with Crippen molar-refractivity contribution >= 4 is 33.2 Å². The van der Waals surface area contributed by atoms with Crippen molar-refractivity contribution in [2.24, 2.45) is 0 Å². The average molecular weight is 340 g/mol. The minimum atomic E-state index is -3.77. The van der Waals surface area contributed by atoms with Gasteiger partial charge in [-0.2, -0.15) is 4.31 Å². The maximum atomic E-state index is 12.6. The Hall–Kier alpha value is -0.370. The van der Waals surface area contributed by atoms with Crippen molar-refractivity contribution in [3.05, 3.63) is 28.2 Å². The molecule has 20 heavy (non-hydrogen) atoms. The third kappa shape index (κ3) is 3.10. The fraction of sp³-hybridized carbons (Fsp3) is 0.500. The maximum absolute atomic E-state index is 12.6. The zero-order valence-electron chi connectivity index (χ0n) is 10.8. The molecule has 0 aliphatic carbocycles. The first-order valence-corrected chi connectivity index (χ1v) is 8.26. The van der Waals surface area contributed by atoms with Gasteiger partial charge in [-0.3, -0.25) is 0 Å². The summed E-state index contributed by atoms with van der Waals surface area (Å²) >= 11 is 11.8. The van der Waals surface area contributed by atoms with Crippen LogP contribution < -0.4 is 0 Å². The van der Waals surface area contributed by atoms with Gasteiger partial charge in [0.05, 0.1) is 28.9 Å². The van der Waals surface area contributed by atoms with E-state index in [1.54, 1.807) is 6.92 Å². The molecule has 112 valence electrons. The minimum Gasteiger partial charge on any atom is -0.394 e. The van der Waals surface area contributed by atoms with Gasteiger partial charge in [-0.15, -0.1) is 0 Å². The Morgan fingerprint density at radius 1 is 1.40 bits per heavy atom. The van der Waals surface area contributed by atoms with Crippen LogP contribution in [-0.2, 0) is 14.8 Å². The molecule has 0 aromatic heterocycles. The average Bonchev–Trinajstić information content (AvgIpc) is 2.40. The quantitative estimate of drug-likeness (QED) is 0.911. The molecule has 1 aliphatic heterocycles. The van der Waals surface area contributed by atoms with E-state index < -0.39 is 16.1 Å². The van der Waals surface area contributed by atoms with Gasteiger partial charge in [0.25, 0.3) is 0 Å². The first-order valence-electron chi connectivity index (χ1n) is 6.06. The molecule has 0 amide bonds. The van der Waals surface area contributed by atoms with Gasteiger partial charge in [-0.05, 0) is 19.1 Å². The normalized spacial score (nSPS) is 24.8. The van der Waals surface area contributed by atoms with E-state index >= 15 is 0 Å². The van der Waals surface area contributed by atoms with Crippen LogP contribution in [0.2, 0.25) is 10.0 Å². The molecule has 1 saturated heterocycles. The van der Waals surface area contributed by atoms with Crippen molar-refractivity contribution in [3.8, 4) is 0 Å². The topological polar surface area (TPSA) is 66.8 Å². The Labute approximate surface area is 128 Å². The van der Waals surface area contributed by atoms with E-state index in [9.17, 15) is 8.42 Å². The summed E-state index contributed by atoms with van der Waals surface area (Å²) < 4.78 is 31.9. The predicted molar refractivity (Wildman–Crippen MR) is 76.6 cm³/mol. The van der Waals surface area contributed by atoms with Crippen LogP contribution in [0.15, 0.2) is 23.1 Å². The second kappa shape index (κ2) is 6.17. The molecular weight excluding hydrogens is 325 g/mol. The van der Waals surface area contributed by atoms with E-state index in [2.05, 4.69) is 0 Å². The lowest BCUT2D eigenvalue weighted by molar-refractivity contribution is -0.0750. The molecule has 0 radical (unpaired) electrons. The second-order valence-electron chi connectivity index (χ2n) is 4.63. The van der Waals surface area contributed by atoms with Crippen LogP contribution in [0.1, 0.15) is 6.92 Å². The third-order valence-corrected chi connectivity index (χ3v) is 5.84. The first-order chi connectivity index (χ1) is 9.36. The summed E-state index contributed by atoms with van der Waals surface area (Å²) in [5, 5.41) is 9.36. The number of benzene rings is 1. The van der Waals surface area contributed by atoms with Crippen molar-refractivity contribution in [1.82, 2.24) is 4.31 Å². The molecule has 8 heteroatoms. The van der Waals surface area contributed by atoms with Crippen LogP contribution in [0.3, 0.4) is 0 Å². The molecule has 1 heterocycles. The Bertz CT molecular complexity index is 593. The molecule has 0 saturated carbocycles. The van der Waals surface area contributed by atoms with E-state index in [1.807, 2.05) is 0 Å². The highest BCUT2D eigenvalue weighted by Gasteiger charge is 2.34. The number of hydrogen-bond donors (Lipinski definition) is 1. The number of rotatable bonds is 3. The molecule has 1 fully saturated rings. The van der Waals surface area contributed by atoms with Gasteiger partial charge in [0.15, 0.2) is 0 Å². The summed E-state index contributed by atoms with van der Waals surface area (Å²) in [6.45, 7) is 1.82. The van der Waals surface area contributed by atoms with Gasteiger partial charge in [0, 0.05) is 13.1 Å². The van der Waals surface area contributed by atoms with Gasteiger partial charge in [0.1, 0.15) is 4.90 Å². The molecule has 5 nitrogen and oxygen atoms in total. The van der Waals surface area contributed by atoms with E-state index in [0.29, 0.717) is 0 Å². The lowest BCUT2D eigenvalue weighted by atomic mass is 10.2. The van der Waals surface area contributed by atoms with Crippen LogP contribution in [0.25, 0.3) is 0 Å². The van der Waals surface area contributed by atoms with E-state index in [1.165, 1.54) is 22.5 Å². The summed E-state index contributed by atoms with van der Waals surface area (Å²) in [5.41, 5.74) is 0. The Kier molecular flexibility index (Phi) is 4.94. The summed E-state index contributed by atoms with van der Waals surface area (Å²) in [6, 6.07) is 4.48. The van der Waals surface area contributed by atoms with E-state index in [-0.39, 0.29) is 40.7 Å².